The molecule has 26 heavy (non-hydrogen) atoms. The van der Waals surface area contributed by atoms with E-state index in [-0.39, 0.29) is 11.3 Å². The number of benzene rings is 1. The third kappa shape index (κ3) is 3.43. The Morgan fingerprint density at radius 3 is 2.50 bits per heavy atom. The molecule has 0 heterocycles. The molecular weight excluding hydrogens is 322 g/mol. The van der Waals surface area contributed by atoms with Crippen LogP contribution < -0.4 is 5.32 Å². The van der Waals surface area contributed by atoms with E-state index in [9.17, 15) is 4.79 Å². The summed E-state index contributed by atoms with van der Waals surface area (Å²) in [4.78, 5) is 12.6. The fourth-order valence-corrected chi connectivity index (χ4v) is 6.75. The molecule has 0 radical (unpaired) electrons. The zero-order valence-electron chi connectivity index (χ0n) is 16.4. The third-order valence-electron chi connectivity index (χ3n) is 7.23. The number of carbonyl (C=O) groups excluding carboxylic acids is 1. The summed E-state index contributed by atoms with van der Waals surface area (Å²) in [6.07, 6.45) is 9.43. The molecule has 2 unspecified atom stereocenters. The predicted molar refractivity (Wildman–Crippen MR) is 104 cm³/mol. The van der Waals surface area contributed by atoms with Gasteiger partial charge in [0.2, 0.25) is 5.91 Å². The molecule has 1 N–H and O–H groups in total. The van der Waals surface area contributed by atoms with Crippen LogP contribution in [0.2, 0.25) is 0 Å². The minimum atomic E-state index is 0.236. The minimum Gasteiger partial charge on any atom is -0.385 e. The first kappa shape index (κ1) is 18.0. The molecule has 4 saturated carbocycles. The van der Waals surface area contributed by atoms with E-state index in [0.29, 0.717) is 12.0 Å². The lowest BCUT2D eigenvalue weighted by molar-refractivity contribution is -0.131. The summed E-state index contributed by atoms with van der Waals surface area (Å²) >= 11 is 0. The number of nitrogens with one attached hydrogen (secondary N) is 1. The number of rotatable bonds is 7. The zero-order valence-corrected chi connectivity index (χ0v) is 16.4. The Hall–Kier alpha value is -1.35. The van der Waals surface area contributed by atoms with E-state index in [1.165, 1.54) is 49.7 Å². The Morgan fingerprint density at radius 2 is 1.85 bits per heavy atom. The first-order chi connectivity index (χ1) is 12.5. The van der Waals surface area contributed by atoms with Gasteiger partial charge in [-0.05, 0) is 80.1 Å². The average Bonchev–Trinajstić information content (AvgIpc) is 2.57. The molecule has 1 aromatic carbocycles. The number of carbonyl (C=O) groups is 1. The predicted octanol–water partition coefficient (Wildman–Crippen LogP) is 4.38. The summed E-state index contributed by atoms with van der Waals surface area (Å²) in [5.74, 6) is 1.89. The van der Waals surface area contributed by atoms with Crippen LogP contribution in [0, 0.1) is 24.2 Å². The first-order valence-electron chi connectivity index (χ1n) is 10.4. The number of ether oxygens (including phenoxy) is 1. The normalized spacial score (nSPS) is 34.8. The van der Waals surface area contributed by atoms with E-state index in [4.69, 9.17) is 4.74 Å². The van der Waals surface area contributed by atoms with Crippen LogP contribution in [0.25, 0.3) is 0 Å². The SMILES string of the molecule is COCCCNC(=O)CC12CC3CC(C1)CC(c1ccc(C)cc1)(C3)C2. The maximum Gasteiger partial charge on any atom is 0.220 e. The third-order valence-corrected chi connectivity index (χ3v) is 7.23. The monoisotopic (exact) mass is 355 g/mol. The van der Waals surface area contributed by atoms with Gasteiger partial charge in [0.05, 0.1) is 0 Å². The first-order valence-corrected chi connectivity index (χ1v) is 10.4. The van der Waals surface area contributed by atoms with E-state index in [1.807, 2.05) is 0 Å². The minimum absolute atomic E-state index is 0.236. The molecule has 2 atom stereocenters. The van der Waals surface area contributed by atoms with Crippen molar-refractivity contribution < 1.29 is 9.53 Å². The fourth-order valence-electron chi connectivity index (χ4n) is 6.75. The van der Waals surface area contributed by atoms with Crippen molar-refractivity contribution in [3.05, 3.63) is 35.4 Å². The van der Waals surface area contributed by atoms with Crippen molar-refractivity contribution in [1.29, 1.82) is 0 Å². The van der Waals surface area contributed by atoms with Crippen LogP contribution in [-0.2, 0) is 14.9 Å². The van der Waals surface area contributed by atoms with Crippen molar-refractivity contribution in [3.8, 4) is 0 Å². The van der Waals surface area contributed by atoms with Gasteiger partial charge in [0, 0.05) is 26.7 Å². The highest BCUT2D eigenvalue weighted by Gasteiger charge is 2.58. The number of aryl methyl sites for hydroxylation is 1. The molecule has 0 aliphatic heterocycles. The molecule has 4 bridgehead atoms. The Balaban J connectivity index is 1.49. The van der Waals surface area contributed by atoms with Crippen molar-refractivity contribution in [2.45, 2.75) is 63.7 Å². The molecule has 0 spiro atoms. The smallest absolute Gasteiger partial charge is 0.220 e. The second-order valence-electron chi connectivity index (χ2n) is 9.48. The van der Waals surface area contributed by atoms with Crippen LogP contribution in [0.4, 0.5) is 0 Å². The van der Waals surface area contributed by atoms with Gasteiger partial charge in [0.25, 0.3) is 0 Å². The van der Waals surface area contributed by atoms with Gasteiger partial charge in [-0.1, -0.05) is 29.8 Å². The van der Waals surface area contributed by atoms with Gasteiger partial charge in [-0.25, -0.2) is 0 Å². The maximum absolute atomic E-state index is 12.6. The molecule has 0 aromatic heterocycles. The lowest BCUT2D eigenvalue weighted by atomic mass is 9.42. The molecule has 142 valence electrons. The molecule has 1 amide bonds. The van der Waals surface area contributed by atoms with Gasteiger partial charge in [0.15, 0.2) is 0 Å². The van der Waals surface area contributed by atoms with E-state index in [1.54, 1.807) is 7.11 Å². The molecule has 3 heteroatoms. The molecule has 4 aliphatic carbocycles. The summed E-state index contributed by atoms with van der Waals surface area (Å²) in [5.41, 5.74) is 3.43. The maximum atomic E-state index is 12.6. The van der Waals surface area contributed by atoms with Crippen LogP contribution >= 0.6 is 0 Å². The van der Waals surface area contributed by atoms with E-state index >= 15 is 0 Å². The molecule has 5 rings (SSSR count). The van der Waals surface area contributed by atoms with E-state index in [0.717, 1.165) is 31.2 Å². The van der Waals surface area contributed by atoms with E-state index in [2.05, 4.69) is 36.5 Å². The van der Waals surface area contributed by atoms with Crippen molar-refractivity contribution in [1.82, 2.24) is 5.32 Å². The van der Waals surface area contributed by atoms with Gasteiger partial charge < -0.3 is 10.1 Å². The van der Waals surface area contributed by atoms with Gasteiger partial charge >= 0.3 is 0 Å². The fraction of sp³-hybridized carbons (Fsp3) is 0.696. The van der Waals surface area contributed by atoms with Gasteiger partial charge in [0.1, 0.15) is 0 Å². The topological polar surface area (TPSA) is 38.3 Å². The van der Waals surface area contributed by atoms with Crippen LogP contribution in [0.5, 0.6) is 0 Å². The number of methoxy groups -OCH3 is 1. The number of hydrogen-bond donors (Lipinski definition) is 1. The van der Waals surface area contributed by atoms with Crippen molar-refractivity contribution in [2.24, 2.45) is 17.3 Å². The highest BCUT2D eigenvalue weighted by molar-refractivity contribution is 5.76. The summed E-state index contributed by atoms with van der Waals surface area (Å²) in [6.45, 7) is 3.61. The second-order valence-corrected chi connectivity index (χ2v) is 9.48. The van der Waals surface area contributed by atoms with Crippen LogP contribution in [0.1, 0.15) is 62.5 Å². The Labute approximate surface area is 157 Å². The van der Waals surface area contributed by atoms with Crippen LogP contribution in [0.15, 0.2) is 24.3 Å². The largest absolute Gasteiger partial charge is 0.385 e. The highest BCUT2D eigenvalue weighted by Crippen LogP contribution is 2.66. The second kappa shape index (κ2) is 6.99. The lowest BCUT2D eigenvalue weighted by Gasteiger charge is -2.62. The average molecular weight is 356 g/mol. The summed E-state index contributed by atoms with van der Waals surface area (Å²) in [7, 11) is 1.71. The van der Waals surface area contributed by atoms with Crippen molar-refractivity contribution in [3.63, 3.8) is 0 Å². The Bertz CT molecular complexity index is 637. The molecule has 4 aliphatic rings. The van der Waals surface area contributed by atoms with E-state index < -0.39 is 0 Å². The summed E-state index contributed by atoms with van der Waals surface area (Å²) in [6, 6.07) is 9.26. The quantitative estimate of drug-likeness (QED) is 0.737. The summed E-state index contributed by atoms with van der Waals surface area (Å²) < 4.78 is 5.08. The lowest BCUT2D eigenvalue weighted by Crippen LogP contribution is -2.55. The molecule has 1 aromatic rings. The van der Waals surface area contributed by atoms with Crippen LogP contribution in [0.3, 0.4) is 0 Å². The summed E-state index contributed by atoms with van der Waals surface area (Å²) in [5, 5.41) is 3.13. The van der Waals surface area contributed by atoms with Crippen LogP contribution in [-0.4, -0.2) is 26.2 Å². The molecule has 0 saturated heterocycles. The van der Waals surface area contributed by atoms with Gasteiger partial charge in [-0.15, -0.1) is 0 Å². The Kier molecular flexibility index (Phi) is 4.85. The molecule has 3 nitrogen and oxygen atoms in total. The molecular formula is C23H33NO2. The number of hydrogen-bond acceptors (Lipinski definition) is 2. The number of amides is 1. The van der Waals surface area contributed by atoms with Gasteiger partial charge in [-0.2, -0.15) is 0 Å². The van der Waals surface area contributed by atoms with Gasteiger partial charge in [-0.3, -0.25) is 4.79 Å². The zero-order chi connectivity index (χ0) is 18.2. The highest BCUT2D eigenvalue weighted by atomic mass is 16.5. The standard InChI is InChI=1S/C23H33NO2/c1-17-4-6-20(7-5-17)23-13-18-10-19(14-23)12-22(11-18,16-23)15-21(25)24-8-3-9-26-2/h4-7,18-19H,3,8-16H2,1-2H3,(H,24,25). The Morgan fingerprint density at radius 1 is 1.15 bits per heavy atom. The van der Waals surface area contributed by atoms with Crippen molar-refractivity contribution in [2.75, 3.05) is 20.3 Å². The molecule has 4 fully saturated rings. The van der Waals surface area contributed by atoms with Crippen molar-refractivity contribution >= 4 is 5.91 Å².